The lowest BCUT2D eigenvalue weighted by Gasteiger charge is -2.42. The first-order valence-electron chi connectivity index (χ1n) is 7.93. The van der Waals surface area contributed by atoms with Crippen molar-refractivity contribution in [1.82, 2.24) is 10.2 Å². The van der Waals surface area contributed by atoms with Crippen LogP contribution in [0.3, 0.4) is 0 Å². The van der Waals surface area contributed by atoms with Crippen LogP contribution >= 0.6 is 11.8 Å². The Morgan fingerprint density at radius 1 is 1.20 bits per heavy atom. The van der Waals surface area contributed by atoms with Gasteiger partial charge in [0.25, 0.3) is 0 Å². The van der Waals surface area contributed by atoms with E-state index in [1.54, 1.807) is 0 Å². The van der Waals surface area contributed by atoms with E-state index in [1.165, 1.54) is 43.0 Å². The molecule has 2 fully saturated rings. The predicted molar refractivity (Wildman–Crippen MR) is 88.3 cm³/mol. The molecule has 1 N–H and O–H groups in total. The van der Waals surface area contributed by atoms with Gasteiger partial charge in [0.05, 0.1) is 0 Å². The predicted octanol–water partition coefficient (Wildman–Crippen LogP) is 3.16. The zero-order valence-corrected chi connectivity index (χ0v) is 13.2. The molecule has 3 heteroatoms. The van der Waals surface area contributed by atoms with E-state index in [1.807, 2.05) is 0 Å². The fraction of sp³-hybridized carbons (Fsp3) is 0.647. The fourth-order valence-electron chi connectivity index (χ4n) is 3.45. The van der Waals surface area contributed by atoms with Gasteiger partial charge >= 0.3 is 0 Å². The molecule has 0 radical (unpaired) electrons. The minimum absolute atomic E-state index is 0.557. The van der Waals surface area contributed by atoms with Crippen LogP contribution in [0.1, 0.15) is 31.4 Å². The van der Waals surface area contributed by atoms with Crippen molar-refractivity contribution in [3.05, 3.63) is 35.9 Å². The highest BCUT2D eigenvalue weighted by atomic mass is 32.2. The molecule has 2 unspecified atom stereocenters. The van der Waals surface area contributed by atoms with Crippen LogP contribution in [0.15, 0.2) is 30.3 Å². The van der Waals surface area contributed by atoms with Crippen molar-refractivity contribution in [2.75, 3.05) is 31.1 Å². The lowest BCUT2D eigenvalue weighted by atomic mass is 9.96. The van der Waals surface area contributed by atoms with Crippen molar-refractivity contribution in [3.63, 3.8) is 0 Å². The highest BCUT2D eigenvalue weighted by molar-refractivity contribution is 7.99. The number of piperazine rings is 1. The smallest absolute Gasteiger partial charge is 0.0473 e. The molecule has 0 bridgehead atoms. The summed E-state index contributed by atoms with van der Waals surface area (Å²) in [6.45, 7) is 5.87. The summed E-state index contributed by atoms with van der Waals surface area (Å²) in [6.07, 6.45) is 2.81. The van der Waals surface area contributed by atoms with Crippen molar-refractivity contribution in [1.29, 1.82) is 0 Å². The van der Waals surface area contributed by atoms with E-state index >= 15 is 0 Å². The lowest BCUT2D eigenvalue weighted by Crippen LogP contribution is -2.52. The summed E-state index contributed by atoms with van der Waals surface area (Å²) in [5.41, 5.74) is 1.47. The summed E-state index contributed by atoms with van der Waals surface area (Å²) < 4.78 is 0. The molecule has 2 nitrogen and oxygen atoms in total. The molecule has 2 aliphatic heterocycles. The monoisotopic (exact) mass is 290 g/mol. The Morgan fingerprint density at radius 2 is 1.95 bits per heavy atom. The maximum atomic E-state index is 3.65. The number of nitrogens with one attached hydrogen (secondary N) is 1. The molecule has 20 heavy (non-hydrogen) atoms. The molecule has 3 rings (SSSR count). The first-order valence-corrected chi connectivity index (χ1v) is 9.08. The van der Waals surface area contributed by atoms with Crippen molar-refractivity contribution in [3.8, 4) is 0 Å². The Kier molecular flexibility index (Phi) is 5.03. The second-order valence-corrected chi connectivity index (χ2v) is 7.47. The Labute approximate surface area is 127 Å². The van der Waals surface area contributed by atoms with Crippen molar-refractivity contribution < 1.29 is 0 Å². The number of benzene rings is 1. The summed E-state index contributed by atoms with van der Waals surface area (Å²) in [5.74, 6) is 3.64. The number of nitrogens with zero attached hydrogens (tertiary/aromatic N) is 1. The molecule has 110 valence electrons. The standard InChI is InChI=1S/C17H26N2S/c1-14-12-19(13-15-7-9-20-10-8-15)17(11-18-14)16-5-3-2-4-6-16/h2-6,14-15,17-18H,7-13H2,1H3. The second kappa shape index (κ2) is 6.97. The van der Waals surface area contributed by atoms with Gasteiger partial charge in [-0.2, -0.15) is 11.8 Å². The highest BCUT2D eigenvalue weighted by Gasteiger charge is 2.29. The Balaban J connectivity index is 1.69. The van der Waals surface area contributed by atoms with Gasteiger partial charge in [-0.15, -0.1) is 0 Å². The number of thioether (sulfide) groups is 1. The van der Waals surface area contributed by atoms with Crippen LogP contribution in [0.25, 0.3) is 0 Å². The Morgan fingerprint density at radius 3 is 2.70 bits per heavy atom. The summed E-state index contributed by atoms with van der Waals surface area (Å²) in [5, 5.41) is 3.65. The highest BCUT2D eigenvalue weighted by Crippen LogP contribution is 2.29. The normalized spacial score (nSPS) is 29.4. The molecule has 1 aromatic carbocycles. The second-order valence-electron chi connectivity index (χ2n) is 6.25. The van der Waals surface area contributed by atoms with E-state index in [4.69, 9.17) is 0 Å². The van der Waals surface area contributed by atoms with E-state index in [0.717, 1.165) is 12.5 Å². The average Bonchev–Trinajstić information content (AvgIpc) is 2.49. The van der Waals surface area contributed by atoms with Gasteiger partial charge in [-0.25, -0.2) is 0 Å². The molecule has 0 spiro atoms. The zero-order chi connectivity index (χ0) is 13.8. The molecule has 2 atom stereocenters. The van der Waals surface area contributed by atoms with Gasteiger partial charge in [-0.1, -0.05) is 30.3 Å². The Bertz CT molecular complexity index is 403. The summed E-state index contributed by atoms with van der Waals surface area (Å²) in [6, 6.07) is 12.2. The molecule has 2 heterocycles. The van der Waals surface area contributed by atoms with Crippen LogP contribution < -0.4 is 5.32 Å². The summed E-state index contributed by atoms with van der Waals surface area (Å²) >= 11 is 2.13. The van der Waals surface area contributed by atoms with Gasteiger partial charge in [0.1, 0.15) is 0 Å². The molecule has 1 aromatic rings. The van der Waals surface area contributed by atoms with E-state index in [0.29, 0.717) is 12.1 Å². The van der Waals surface area contributed by atoms with Crippen LogP contribution in [-0.4, -0.2) is 42.1 Å². The number of rotatable bonds is 3. The van der Waals surface area contributed by atoms with Gasteiger partial charge in [0, 0.05) is 31.7 Å². The van der Waals surface area contributed by atoms with Gasteiger partial charge < -0.3 is 5.32 Å². The fourth-order valence-corrected chi connectivity index (χ4v) is 4.66. The van der Waals surface area contributed by atoms with Crippen LogP contribution in [0, 0.1) is 5.92 Å². The first kappa shape index (κ1) is 14.4. The maximum absolute atomic E-state index is 3.65. The van der Waals surface area contributed by atoms with E-state index in [2.05, 4.69) is 59.2 Å². The van der Waals surface area contributed by atoms with Gasteiger partial charge in [0.2, 0.25) is 0 Å². The Hall–Kier alpha value is -0.510. The van der Waals surface area contributed by atoms with Gasteiger partial charge in [-0.3, -0.25) is 4.90 Å². The number of hydrogen-bond donors (Lipinski definition) is 1. The van der Waals surface area contributed by atoms with Crippen molar-refractivity contribution in [2.24, 2.45) is 5.92 Å². The molecule has 2 saturated heterocycles. The quantitative estimate of drug-likeness (QED) is 0.920. The molecular weight excluding hydrogens is 264 g/mol. The minimum Gasteiger partial charge on any atom is -0.311 e. The largest absolute Gasteiger partial charge is 0.311 e. The van der Waals surface area contributed by atoms with Gasteiger partial charge in [-0.05, 0) is 42.8 Å². The third-order valence-corrected chi connectivity index (χ3v) is 5.68. The molecule has 0 aliphatic carbocycles. The van der Waals surface area contributed by atoms with Crippen LogP contribution in [0.2, 0.25) is 0 Å². The van der Waals surface area contributed by atoms with Crippen LogP contribution in [0.5, 0.6) is 0 Å². The lowest BCUT2D eigenvalue weighted by molar-refractivity contribution is 0.112. The van der Waals surface area contributed by atoms with Gasteiger partial charge in [0.15, 0.2) is 0 Å². The first-order chi connectivity index (χ1) is 9.83. The molecule has 0 saturated carbocycles. The summed E-state index contributed by atoms with van der Waals surface area (Å²) in [4.78, 5) is 2.73. The summed E-state index contributed by atoms with van der Waals surface area (Å²) in [7, 11) is 0. The third kappa shape index (κ3) is 3.57. The van der Waals surface area contributed by atoms with Crippen molar-refractivity contribution >= 4 is 11.8 Å². The zero-order valence-electron chi connectivity index (χ0n) is 12.4. The third-order valence-electron chi connectivity index (χ3n) is 4.63. The number of hydrogen-bond acceptors (Lipinski definition) is 3. The maximum Gasteiger partial charge on any atom is 0.0473 e. The average molecular weight is 290 g/mol. The van der Waals surface area contributed by atoms with Crippen LogP contribution in [-0.2, 0) is 0 Å². The SMILES string of the molecule is CC1CN(CC2CCSCC2)C(c2ccccc2)CN1. The molecular formula is C17H26N2S. The minimum atomic E-state index is 0.557. The van der Waals surface area contributed by atoms with E-state index in [9.17, 15) is 0 Å². The van der Waals surface area contributed by atoms with Crippen molar-refractivity contribution in [2.45, 2.75) is 31.8 Å². The van der Waals surface area contributed by atoms with E-state index in [-0.39, 0.29) is 0 Å². The molecule has 0 amide bonds. The molecule has 2 aliphatic rings. The van der Waals surface area contributed by atoms with Crippen LogP contribution in [0.4, 0.5) is 0 Å². The van der Waals surface area contributed by atoms with E-state index < -0.39 is 0 Å². The topological polar surface area (TPSA) is 15.3 Å². The molecule has 0 aromatic heterocycles.